The second-order valence-corrected chi connectivity index (χ2v) is 25.7. The van der Waals surface area contributed by atoms with Crippen LogP contribution in [-0.2, 0) is 14.3 Å². The third-order valence-corrected chi connectivity index (χ3v) is 25.6. The molecule has 5 heteroatoms. The summed E-state index contributed by atoms with van der Waals surface area (Å²) < 4.78 is 18.5. The summed E-state index contributed by atoms with van der Waals surface area (Å²) in [5, 5.41) is 0. The average molecular weight is 655 g/mol. The Hall–Kier alpha value is -1.37. The van der Waals surface area contributed by atoms with E-state index >= 15 is 0 Å². The van der Waals surface area contributed by atoms with Crippen LogP contribution >= 0.6 is 0 Å². The molecule has 4 nitrogen and oxygen atoms in total. The Kier molecular flexibility index (Phi) is 12.0. The van der Waals surface area contributed by atoms with Gasteiger partial charge in [0.15, 0.2) is 0 Å². The first-order valence-corrected chi connectivity index (χ1v) is 23.6. The summed E-state index contributed by atoms with van der Waals surface area (Å²) >= 11 is -2.51. The molecule has 2 aliphatic heterocycles. The Balaban J connectivity index is 1.67. The molecule has 0 spiro atoms. The van der Waals surface area contributed by atoms with E-state index in [0.717, 1.165) is 24.8 Å². The number of methoxy groups -OCH3 is 1. The first-order valence-electron chi connectivity index (χ1n) is 16.1. The summed E-state index contributed by atoms with van der Waals surface area (Å²) in [5.41, 5.74) is 2.36. The number of carbonyl (C=O) groups is 1. The van der Waals surface area contributed by atoms with Gasteiger partial charge in [-0.3, -0.25) is 0 Å². The zero-order valence-electron chi connectivity index (χ0n) is 25.7. The zero-order chi connectivity index (χ0) is 28.5. The summed E-state index contributed by atoms with van der Waals surface area (Å²) in [6, 6.07) is 21.0. The molecule has 0 radical (unpaired) electrons. The normalized spacial score (nSPS) is 23.7. The quantitative estimate of drug-likeness (QED) is 0.145. The molecule has 0 aromatic heterocycles. The van der Waals surface area contributed by atoms with Gasteiger partial charge < -0.3 is 0 Å². The van der Waals surface area contributed by atoms with Crippen LogP contribution in [0.3, 0.4) is 0 Å². The molecule has 2 aromatic carbocycles. The molecule has 0 aliphatic carbocycles. The van der Waals surface area contributed by atoms with Crippen molar-refractivity contribution >= 4 is 27.9 Å². The molecule has 220 valence electrons. The second kappa shape index (κ2) is 15.2. The summed E-state index contributed by atoms with van der Waals surface area (Å²) in [6.45, 7) is 7.04. The number of fused-ring (bicyclic) bond motifs is 2. The number of piperidine rings is 1. The summed E-state index contributed by atoms with van der Waals surface area (Å²) in [5.74, 6) is -0.383. The first-order chi connectivity index (χ1) is 19.5. The fraction of sp³-hybridized carbons (Fsp3) is 0.629. The van der Waals surface area contributed by atoms with Gasteiger partial charge >= 0.3 is 249 Å². The fourth-order valence-electron chi connectivity index (χ4n) is 7.52. The Morgan fingerprint density at radius 1 is 0.875 bits per heavy atom. The molecule has 2 heterocycles. The third-order valence-electron chi connectivity index (χ3n) is 9.95. The molecule has 0 N–H and O–H groups in total. The topological polar surface area (TPSA) is 38.8 Å². The van der Waals surface area contributed by atoms with Gasteiger partial charge in [-0.05, 0) is 0 Å². The van der Waals surface area contributed by atoms with E-state index in [1.165, 1.54) is 64.5 Å². The van der Waals surface area contributed by atoms with Gasteiger partial charge in [-0.2, -0.15) is 0 Å². The van der Waals surface area contributed by atoms with E-state index in [0.29, 0.717) is 6.04 Å². The van der Waals surface area contributed by atoms with Crippen molar-refractivity contribution in [2.24, 2.45) is 5.92 Å². The molecule has 2 saturated heterocycles. The molecule has 2 aromatic rings. The van der Waals surface area contributed by atoms with Gasteiger partial charge in [0.1, 0.15) is 0 Å². The van der Waals surface area contributed by atoms with Crippen LogP contribution in [0.2, 0.25) is 13.3 Å². The Morgan fingerprint density at radius 3 is 2.00 bits per heavy atom. The standard InChI is InChI=1S/C23H26NO3.3C4H9.Sn/c1-24-18-13-14-19(24)21(23(25)26-2)20(15-18)27-22(16-9-5-3-6-10-16)17-11-7-4-8-12-17;3*1-3-4-2;/h3,5-12,18-22H,13-15H2,1-2H3;3*1,3-4H2,2H3;/t18-,19+,20+,21-,22?;;;;/m1..../s1. The van der Waals surface area contributed by atoms with Crippen LogP contribution in [0.25, 0.3) is 0 Å². The maximum absolute atomic E-state index is 13.1. The predicted octanol–water partition coefficient (Wildman–Crippen LogP) is 7.87. The van der Waals surface area contributed by atoms with Crippen LogP contribution in [0, 0.1) is 5.92 Å². The fourth-order valence-corrected chi connectivity index (χ4v) is 23.5. The van der Waals surface area contributed by atoms with E-state index in [2.05, 4.69) is 87.3 Å². The number of ether oxygens (including phenoxy) is 2. The maximum atomic E-state index is 13.1. The van der Waals surface area contributed by atoms with E-state index in [1.54, 1.807) is 3.58 Å². The SMILES string of the molecule is CCC[CH2][Sn]([CH2]CCC)([CH2]CCC)[c]1ccc(C(O[C@H]2C[C@H]3CC[C@@H]([C@H]2C(=O)OC)N3C)c2ccccc2)cc1. The van der Waals surface area contributed by atoms with Crippen LogP contribution in [0.5, 0.6) is 0 Å². The van der Waals surface area contributed by atoms with Crippen molar-refractivity contribution < 1.29 is 14.3 Å². The molecule has 0 amide bonds. The number of unbranched alkanes of at least 4 members (excludes halogenated alkanes) is 3. The third kappa shape index (κ3) is 7.15. The molecule has 1 unspecified atom stereocenters. The zero-order valence-corrected chi connectivity index (χ0v) is 28.6. The number of benzene rings is 2. The van der Waals surface area contributed by atoms with Crippen molar-refractivity contribution in [2.45, 2.75) is 116 Å². The van der Waals surface area contributed by atoms with Crippen molar-refractivity contribution in [3.05, 3.63) is 65.7 Å². The molecule has 40 heavy (non-hydrogen) atoms. The van der Waals surface area contributed by atoms with Gasteiger partial charge in [0, 0.05) is 0 Å². The van der Waals surface area contributed by atoms with Crippen molar-refractivity contribution in [1.29, 1.82) is 0 Å². The Morgan fingerprint density at radius 2 is 1.45 bits per heavy atom. The van der Waals surface area contributed by atoms with Gasteiger partial charge in [0.05, 0.1) is 0 Å². The van der Waals surface area contributed by atoms with Gasteiger partial charge in [-0.25, -0.2) is 0 Å². The van der Waals surface area contributed by atoms with Crippen LogP contribution in [0.15, 0.2) is 54.6 Å². The summed E-state index contributed by atoms with van der Waals surface area (Å²) in [4.78, 5) is 15.4. The molecule has 2 aliphatic rings. The van der Waals surface area contributed by atoms with Gasteiger partial charge in [-0.15, -0.1) is 0 Å². The molecular weight excluding hydrogens is 601 g/mol. The van der Waals surface area contributed by atoms with Crippen molar-refractivity contribution in [2.75, 3.05) is 14.2 Å². The number of nitrogens with zero attached hydrogens (tertiary/aromatic N) is 1. The van der Waals surface area contributed by atoms with E-state index in [4.69, 9.17) is 9.47 Å². The number of hydrogen-bond donors (Lipinski definition) is 0. The second-order valence-electron chi connectivity index (χ2n) is 12.4. The minimum absolute atomic E-state index is 0.133. The van der Waals surface area contributed by atoms with Gasteiger partial charge in [-0.1, -0.05) is 0 Å². The number of esters is 1. The number of hydrogen-bond acceptors (Lipinski definition) is 4. The molecule has 4 rings (SSSR count). The monoisotopic (exact) mass is 655 g/mol. The average Bonchev–Trinajstić information content (AvgIpc) is 3.22. The van der Waals surface area contributed by atoms with Gasteiger partial charge in [0.25, 0.3) is 0 Å². The van der Waals surface area contributed by atoms with Crippen molar-refractivity contribution in [3.8, 4) is 0 Å². The van der Waals surface area contributed by atoms with Crippen molar-refractivity contribution in [1.82, 2.24) is 4.90 Å². The van der Waals surface area contributed by atoms with Crippen LogP contribution in [0.4, 0.5) is 0 Å². The van der Waals surface area contributed by atoms with E-state index in [-0.39, 0.29) is 30.1 Å². The molecule has 2 fully saturated rings. The molecule has 0 saturated carbocycles. The predicted molar refractivity (Wildman–Crippen MR) is 169 cm³/mol. The van der Waals surface area contributed by atoms with Gasteiger partial charge in [0.2, 0.25) is 0 Å². The number of rotatable bonds is 15. The van der Waals surface area contributed by atoms with E-state index < -0.39 is 18.4 Å². The van der Waals surface area contributed by atoms with Crippen molar-refractivity contribution in [3.63, 3.8) is 0 Å². The summed E-state index contributed by atoms with van der Waals surface area (Å²) in [6.07, 6.45) is 10.7. The van der Waals surface area contributed by atoms with Crippen LogP contribution in [-0.4, -0.2) is 61.6 Å². The Bertz CT molecular complexity index is 1020. The Labute approximate surface area is 248 Å². The van der Waals surface area contributed by atoms with E-state index in [1.807, 2.05) is 0 Å². The van der Waals surface area contributed by atoms with Crippen LogP contribution < -0.4 is 3.58 Å². The molecule has 2 bridgehead atoms. The minimum atomic E-state index is -2.51. The van der Waals surface area contributed by atoms with E-state index in [9.17, 15) is 4.79 Å². The summed E-state index contributed by atoms with van der Waals surface area (Å²) in [7, 11) is 3.68. The molecular formula is C35H53NO3Sn. The van der Waals surface area contributed by atoms with Crippen LogP contribution in [0.1, 0.15) is 95.8 Å². The first kappa shape index (κ1) is 31.6. The number of carbonyl (C=O) groups excluding carboxylic acids is 1. The molecule has 5 atom stereocenters.